The molecule has 0 aromatic heterocycles. The van der Waals surface area contributed by atoms with Crippen molar-refractivity contribution in [1.29, 1.82) is 0 Å². The second-order valence-corrected chi connectivity index (χ2v) is 4.85. The lowest BCUT2D eigenvalue weighted by Crippen LogP contribution is -2.31. The molecule has 0 radical (unpaired) electrons. The average Bonchev–Trinajstić information content (AvgIpc) is 2.41. The Hall–Kier alpha value is -1.66. The number of hydrogen-bond donors (Lipinski definition) is 0. The molecule has 0 aliphatic heterocycles. The smallest absolute Gasteiger partial charge is 0.206 e. The third kappa shape index (κ3) is 2.91. The normalized spacial score (nSPS) is 11.6. The van der Waals surface area contributed by atoms with Crippen LogP contribution < -0.4 is 4.74 Å². The van der Waals surface area contributed by atoms with Gasteiger partial charge in [-0.2, -0.15) is 8.78 Å². The van der Waals surface area contributed by atoms with Crippen LogP contribution in [0.4, 0.5) is 22.0 Å². The molecule has 2 nitrogen and oxygen atoms in total. The molecule has 0 atom stereocenters. The van der Waals surface area contributed by atoms with Crippen molar-refractivity contribution in [3.63, 3.8) is 0 Å². The number of carbonyl (C=O) groups is 1. The number of benzene rings is 1. The second-order valence-electron chi connectivity index (χ2n) is 4.85. The summed E-state index contributed by atoms with van der Waals surface area (Å²) in [5.41, 5.74) is -1.10. The lowest BCUT2D eigenvalue weighted by atomic mass is 9.88. The first-order chi connectivity index (χ1) is 9.13. The SMILES string of the molecule is CCC(=O)C(C)(C)COc1c(F)c(F)c(F)c(F)c1F. The lowest BCUT2D eigenvalue weighted by molar-refractivity contribution is -0.128. The Morgan fingerprint density at radius 2 is 1.35 bits per heavy atom. The highest BCUT2D eigenvalue weighted by atomic mass is 19.2. The topological polar surface area (TPSA) is 26.3 Å². The molecule has 1 aromatic carbocycles. The molecule has 0 bridgehead atoms. The Morgan fingerprint density at radius 3 is 1.75 bits per heavy atom. The summed E-state index contributed by atoms with van der Waals surface area (Å²) in [6.45, 7) is 3.98. The molecule has 0 saturated heterocycles. The molecular formula is C13H13F5O2. The molecular weight excluding hydrogens is 283 g/mol. The zero-order chi connectivity index (χ0) is 15.7. The van der Waals surface area contributed by atoms with Crippen molar-refractivity contribution < 1.29 is 31.5 Å². The summed E-state index contributed by atoms with van der Waals surface area (Å²) < 4.78 is 70.0. The first-order valence-electron chi connectivity index (χ1n) is 5.81. The van der Waals surface area contributed by atoms with E-state index in [1.54, 1.807) is 6.92 Å². The van der Waals surface area contributed by atoms with Gasteiger partial charge in [0.05, 0.1) is 5.41 Å². The van der Waals surface area contributed by atoms with Gasteiger partial charge in [0.25, 0.3) is 0 Å². The summed E-state index contributed by atoms with van der Waals surface area (Å²) >= 11 is 0. The predicted molar refractivity (Wildman–Crippen MR) is 60.8 cm³/mol. The molecule has 0 aliphatic carbocycles. The van der Waals surface area contributed by atoms with Crippen LogP contribution in [-0.4, -0.2) is 12.4 Å². The third-order valence-electron chi connectivity index (χ3n) is 2.82. The largest absolute Gasteiger partial charge is 0.486 e. The van der Waals surface area contributed by atoms with Crippen LogP contribution in [0.15, 0.2) is 0 Å². The first kappa shape index (κ1) is 16.4. The van der Waals surface area contributed by atoms with Crippen LogP contribution in [-0.2, 0) is 4.79 Å². The Balaban J connectivity index is 3.09. The number of carbonyl (C=O) groups excluding carboxylic acids is 1. The fraction of sp³-hybridized carbons (Fsp3) is 0.462. The van der Waals surface area contributed by atoms with Crippen molar-refractivity contribution in [3.8, 4) is 5.75 Å². The van der Waals surface area contributed by atoms with Crippen molar-refractivity contribution in [2.45, 2.75) is 27.2 Å². The molecule has 1 rings (SSSR count). The minimum Gasteiger partial charge on any atom is -0.486 e. The maximum atomic E-state index is 13.3. The predicted octanol–water partition coefficient (Wildman–Crippen LogP) is 3.77. The van der Waals surface area contributed by atoms with Crippen LogP contribution in [0.2, 0.25) is 0 Å². The highest BCUT2D eigenvalue weighted by Gasteiger charge is 2.31. The fourth-order valence-electron chi connectivity index (χ4n) is 1.52. The van der Waals surface area contributed by atoms with Gasteiger partial charge in [-0.25, -0.2) is 13.2 Å². The lowest BCUT2D eigenvalue weighted by Gasteiger charge is -2.23. The van der Waals surface area contributed by atoms with E-state index in [0.29, 0.717) is 0 Å². The monoisotopic (exact) mass is 296 g/mol. The number of Topliss-reactive ketones (excluding diaryl/α,β-unsaturated/α-hetero) is 1. The van der Waals surface area contributed by atoms with Crippen LogP contribution in [0.25, 0.3) is 0 Å². The summed E-state index contributed by atoms with van der Waals surface area (Å²) in [6.07, 6.45) is 0.160. The van der Waals surface area contributed by atoms with Crippen LogP contribution in [0, 0.1) is 34.5 Å². The van der Waals surface area contributed by atoms with Crippen molar-refractivity contribution in [3.05, 3.63) is 29.1 Å². The van der Waals surface area contributed by atoms with E-state index in [0.717, 1.165) is 0 Å². The molecule has 0 fully saturated rings. The maximum Gasteiger partial charge on any atom is 0.206 e. The van der Waals surface area contributed by atoms with E-state index >= 15 is 0 Å². The average molecular weight is 296 g/mol. The van der Waals surface area contributed by atoms with E-state index in [-0.39, 0.29) is 12.2 Å². The summed E-state index contributed by atoms with van der Waals surface area (Å²) in [7, 11) is 0. The summed E-state index contributed by atoms with van der Waals surface area (Å²) in [5.74, 6) is -12.2. The summed E-state index contributed by atoms with van der Waals surface area (Å²) in [4.78, 5) is 11.5. The molecule has 0 unspecified atom stereocenters. The molecule has 0 spiro atoms. The second kappa shape index (κ2) is 5.76. The zero-order valence-electron chi connectivity index (χ0n) is 11.1. The van der Waals surface area contributed by atoms with Crippen molar-refractivity contribution in [2.24, 2.45) is 5.41 Å². The van der Waals surface area contributed by atoms with Crippen LogP contribution >= 0.6 is 0 Å². The van der Waals surface area contributed by atoms with E-state index in [1.807, 2.05) is 0 Å². The third-order valence-corrected chi connectivity index (χ3v) is 2.82. The molecule has 0 N–H and O–H groups in total. The van der Waals surface area contributed by atoms with Gasteiger partial charge < -0.3 is 4.74 Å². The highest BCUT2D eigenvalue weighted by molar-refractivity contribution is 5.83. The van der Waals surface area contributed by atoms with Gasteiger partial charge in [-0.05, 0) is 13.8 Å². The quantitative estimate of drug-likeness (QED) is 0.470. The molecule has 0 heterocycles. The van der Waals surface area contributed by atoms with Crippen molar-refractivity contribution in [1.82, 2.24) is 0 Å². The minimum atomic E-state index is -2.25. The molecule has 0 aliphatic rings. The Labute approximate surface area is 112 Å². The first-order valence-corrected chi connectivity index (χ1v) is 5.81. The Kier molecular flexibility index (Phi) is 4.73. The van der Waals surface area contributed by atoms with Crippen LogP contribution in [0.5, 0.6) is 5.75 Å². The van der Waals surface area contributed by atoms with E-state index in [9.17, 15) is 26.7 Å². The van der Waals surface area contributed by atoms with Gasteiger partial charge in [-0.15, -0.1) is 0 Å². The molecule has 0 saturated carbocycles. The van der Waals surface area contributed by atoms with Gasteiger partial charge in [0.1, 0.15) is 12.4 Å². The molecule has 112 valence electrons. The van der Waals surface area contributed by atoms with E-state index in [4.69, 9.17) is 0 Å². The fourth-order valence-corrected chi connectivity index (χ4v) is 1.52. The summed E-state index contributed by atoms with van der Waals surface area (Å²) in [5, 5.41) is 0. The molecule has 1 aromatic rings. The zero-order valence-corrected chi connectivity index (χ0v) is 11.1. The van der Waals surface area contributed by atoms with Gasteiger partial charge in [-0.1, -0.05) is 6.92 Å². The van der Waals surface area contributed by atoms with Gasteiger partial charge in [0, 0.05) is 6.42 Å². The maximum absolute atomic E-state index is 13.3. The Bertz CT molecular complexity index is 511. The van der Waals surface area contributed by atoms with E-state index in [2.05, 4.69) is 4.74 Å². The van der Waals surface area contributed by atoms with E-state index < -0.39 is 46.9 Å². The minimum absolute atomic E-state index is 0.160. The number of hydrogen-bond acceptors (Lipinski definition) is 2. The number of rotatable bonds is 5. The van der Waals surface area contributed by atoms with Gasteiger partial charge in [-0.3, -0.25) is 4.79 Å². The number of halogens is 5. The van der Waals surface area contributed by atoms with Gasteiger partial charge in [0.15, 0.2) is 5.75 Å². The molecule has 0 amide bonds. The summed E-state index contributed by atoms with van der Waals surface area (Å²) in [6, 6.07) is 0. The van der Waals surface area contributed by atoms with Crippen LogP contribution in [0.3, 0.4) is 0 Å². The van der Waals surface area contributed by atoms with Crippen molar-refractivity contribution in [2.75, 3.05) is 6.61 Å². The van der Waals surface area contributed by atoms with Crippen LogP contribution in [0.1, 0.15) is 27.2 Å². The molecule has 7 heteroatoms. The van der Waals surface area contributed by atoms with E-state index in [1.165, 1.54) is 13.8 Å². The number of ether oxygens (including phenoxy) is 1. The highest BCUT2D eigenvalue weighted by Crippen LogP contribution is 2.30. The Morgan fingerprint density at radius 1 is 0.950 bits per heavy atom. The molecule has 20 heavy (non-hydrogen) atoms. The van der Waals surface area contributed by atoms with Gasteiger partial charge >= 0.3 is 0 Å². The van der Waals surface area contributed by atoms with Crippen molar-refractivity contribution >= 4 is 5.78 Å². The standard InChI is InChI=1S/C13H13F5O2/c1-4-6(19)13(2,3)5-20-12-10(17)8(15)7(14)9(16)11(12)18/h4-5H2,1-3H3. The van der Waals surface area contributed by atoms with Gasteiger partial charge in [0.2, 0.25) is 29.1 Å². The number of ketones is 1.